The summed E-state index contributed by atoms with van der Waals surface area (Å²) < 4.78 is 0.994. The van der Waals surface area contributed by atoms with Gasteiger partial charge in [0.15, 0.2) is 5.16 Å². The second-order valence-corrected chi connectivity index (χ2v) is 6.35. The number of nitrogen functional groups attached to an aromatic ring is 1. The summed E-state index contributed by atoms with van der Waals surface area (Å²) in [6.45, 7) is 4.86. The zero-order valence-electron chi connectivity index (χ0n) is 12.7. The van der Waals surface area contributed by atoms with Crippen molar-refractivity contribution in [2.24, 2.45) is 5.92 Å². The Hall–Kier alpha value is -2.02. The number of aromatic nitrogens is 2. The van der Waals surface area contributed by atoms with Crippen LogP contribution in [0.5, 0.6) is 0 Å². The monoisotopic (exact) mass is 320 g/mol. The second-order valence-electron chi connectivity index (χ2n) is 5.41. The highest BCUT2D eigenvalue weighted by atomic mass is 32.2. The number of thioether (sulfide) groups is 1. The standard InChI is InChI=1S/C15H20N4O2S/c1-10(2)7-8-17-13(20)9-22-15-18-12-6-4-3-5-11(12)14(21)19(15)16/h3-6,10H,7-9,16H2,1-2H3,(H,17,20). The zero-order chi connectivity index (χ0) is 16.1. The van der Waals surface area contributed by atoms with Crippen molar-refractivity contribution in [3.63, 3.8) is 0 Å². The lowest BCUT2D eigenvalue weighted by Crippen LogP contribution is -2.31. The summed E-state index contributed by atoms with van der Waals surface area (Å²) in [5.41, 5.74) is 0.269. The minimum atomic E-state index is -0.312. The molecule has 0 saturated carbocycles. The van der Waals surface area contributed by atoms with E-state index in [-0.39, 0.29) is 17.2 Å². The number of nitrogens with zero attached hydrogens (tertiary/aromatic N) is 2. The van der Waals surface area contributed by atoms with Crippen LogP contribution < -0.4 is 16.7 Å². The number of benzene rings is 1. The number of hydrogen-bond donors (Lipinski definition) is 2. The molecule has 0 aliphatic carbocycles. The molecule has 1 heterocycles. The highest BCUT2D eigenvalue weighted by Crippen LogP contribution is 2.15. The van der Waals surface area contributed by atoms with Crippen molar-refractivity contribution in [2.75, 3.05) is 18.1 Å². The van der Waals surface area contributed by atoms with Gasteiger partial charge in [0, 0.05) is 6.54 Å². The number of amides is 1. The molecule has 22 heavy (non-hydrogen) atoms. The maximum atomic E-state index is 12.1. The minimum absolute atomic E-state index is 0.0898. The Morgan fingerprint density at radius 3 is 2.86 bits per heavy atom. The van der Waals surface area contributed by atoms with E-state index < -0.39 is 0 Å². The topological polar surface area (TPSA) is 90.0 Å². The Balaban J connectivity index is 2.04. The summed E-state index contributed by atoms with van der Waals surface area (Å²) in [5, 5.41) is 3.64. The molecule has 0 unspecified atom stereocenters. The molecule has 6 nitrogen and oxygen atoms in total. The number of fused-ring (bicyclic) bond motifs is 1. The van der Waals surface area contributed by atoms with Crippen LogP contribution in [0, 0.1) is 5.92 Å². The smallest absolute Gasteiger partial charge is 0.280 e. The number of hydrogen-bond acceptors (Lipinski definition) is 5. The molecule has 2 aromatic rings. The summed E-state index contributed by atoms with van der Waals surface area (Å²) in [7, 11) is 0. The molecule has 1 aromatic heterocycles. The lowest BCUT2D eigenvalue weighted by Gasteiger charge is -2.09. The maximum Gasteiger partial charge on any atom is 0.280 e. The molecule has 0 spiro atoms. The summed E-state index contributed by atoms with van der Waals surface area (Å²) in [6.07, 6.45) is 0.937. The normalized spacial score (nSPS) is 11.0. The van der Waals surface area contributed by atoms with E-state index in [9.17, 15) is 9.59 Å². The number of para-hydroxylation sites is 1. The number of carbonyl (C=O) groups is 1. The Morgan fingerprint density at radius 2 is 2.14 bits per heavy atom. The van der Waals surface area contributed by atoms with E-state index >= 15 is 0 Å². The van der Waals surface area contributed by atoms with Gasteiger partial charge in [0.25, 0.3) is 5.56 Å². The van der Waals surface area contributed by atoms with Gasteiger partial charge in [-0.25, -0.2) is 9.66 Å². The fourth-order valence-electron chi connectivity index (χ4n) is 1.91. The highest BCUT2D eigenvalue weighted by molar-refractivity contribution is 7.99. The Labute approximate surface area is 133 Å². The quantitative estimate of drug-likeness (QED) is 0.476. The van der Waals surface area contributed by atoms with Crippen molar-refractivity contribution in [3.8, 4) is 0 Å². The van der Waals surface area contributed by atoms with Gasteiger partial charge in [-0.3, -0.25) is 9.59 Å². The predicted molar refractivity (Wildman–Crippen MR) is 89.3 cm³/mol. The predicted octanol–water partition coefficient (Wildman–Crippen LogP) is 1.36. The van der Waals surface area contributed by atoms with Gasteiger partial charge in [0.05, 0.1) is 16.7 Å². The molecule has 0 fully saturated rings. The molecule has 118 valence electrons. The van der Waals surface area contributed by atoms with E-state index in [4.69, 9.17) is 5.84 Å². The molecule has 1 amide bonds. The summed E-state index contributed by atoms with van der Waals surface area (Å²) in [5.74, 6) is 6.40. The largest absolute Gasteiger partial charge is 0.355 e. The number of rotatable bonds is 6. The first kappa shape index (κ1) is 16.4. The highest BCUT2D eigenvalue weighted by Gasteiger charge is 2.11. The average molecular weight is 320 g/mol. The molecule has 0 atom stereocenters. The molecule has 0 bridgehead atoms. The van der Waals surface area contributed by atoms with E-state index in [1.807, 2.05) is 6.07 Å². The van der Waals surface area contributed by atoms with Crippen molar-refractivity contribution in [2.45, 2.75) is 25.4 Å². The van der Waals surface area contributed by atoms with Crippen LogP contribution in [0.25, 0.3) is 10.9 Å². The first-order chi connectivity index (χ1) is 10.5. The van der Waals surface area contributed by atoms with Gasteiger partial charge >= 0.3 is 0 Å². The van der Waals surface area contributed by atoms with Crippen molar-refractivity contribution in [1.29, 1.82) is 0 Å². The summed E-state index contributed by atoms with van der Waals surface area (Å²) in [6, 6.07) is 7.01. The van der Waals surface area contributed by atoms with E-state index in [1.165, 1.54) is 0 Å². The Kier molecular flexibility index (Phi) is 5.43. The third-order valence-electron chi connectivity index (χ3n) is 3.15. The molecular weight excluding hydrogens is 300 g/mol. The molecule has 0 aliphatic heterocycles. The van der Waals surface area contributed by atoms with Gasteiger partial charge in [-0.1, -0.05) is 37.7 Å². The van der Waals surface area contributed by atoms with Crippen molar-refractivity contribution in [3.05, 3.63) is 34.6 Å². The van der Waals surface area contributed by atoms with E-state index in [0.717, 1.165) is 22.9 Å². The third-order valence-corrected chi connectivity index (χ3v) is 4.10. The summed E-state index contributed by atoms with van der Waals surface area (Å²) in [4.78, 5) is 28.2. The van der Waals surface area contributed by atoms with E-state index in [1.54, 1.807) is 18.2 Å². The number of nitrogens with two attached hydrogens (primary N) is 1. The number of nitrogens with one attached hydrogen (secondary N) is 1. The maximum absolute atomic E-state index is 12.1. The number of carbonyl (C=O) groups excluding carboxylic acids is 1. The lowest BCUT2D eigenvalue weighted by molar-refractivity contribution is -0.118. The fourth-order valence-corrected chi connectivity index (χ4v) is 2.66. The van der Waals surface area contributed by atoms with Gasteiger partial charge in [-0.15, -0.1) is 0 Å². The van der Waals surface area contributed by atoms with Crippen LogP contribution in [0.3, 0.4) is 0 Å². The molecule has 0 radical (unpaired) electrons. The average Bonchev–Trinajstić information content (AvgIpc) is 2.49. The summed E-state index contributed by atoms with van der Waals surface area (Å²) >= 11 is 1.16. The van der Waals surface area contributed by atoms with Crippen LogP contribution in [-0.4, -0.2) is 27.9 Å². The second kappa shape index (κ2) is 7.31. The van der Waals surface area contributed by atoms with Crippen molar-refractivity contribution < 1.29 is 4.79 Å². The van der Waals surface area contributed by atoms with Crippen LogP contribution in [0.4, 0.5) is 0 Å². The Bertz CT molecular complexity index is 727. The van der Waals surface area contributed by atoms with Gasteiger partial charge in [-0.2, -0.15) is 0 Å². The zero-order valence-corrected chi connectivity index (χ0v) is 13.5. The molecular formula is C15H20N4O2S. The first-order valence-corrected chi connectivity index (χ1v) is 8.14. The van der Waals surface area contributed by atoms with Gasteiger partial charge < -0.3 is 11.2 Å². The van der Waals surface area contributed by atoms with Crippen LogP contribution in [0.2, 0.25) is 0 Å². The van der Waals surface area contributed by atoms with Crippen LogP contribution in [-0.2, 0) is 4.79 Å². The van der Waals surface area contributed by atoms with Crippen LogP contribution >= 0.6 is 11.8 Å². The van der Waals surface area contributed by atoms with E-state index in [2.05, 4.69) is 24.1 Å². The van der Waals surface area contributed by atoms with Crippen molar-refractivity contribution >= 4 is 28.6 Å². The molecule has 2 rings (SSSR count). The molecule has 0 saturated heterocycles. The SMILES string of the molecule is CC(C)CCNC(=O)CSc1nc2ccccc2c(=O)n1N. The van der Waals surface area contributed by atoms with Crippen molar-refractivity contribution in [1.82, 2.24) is 15.0 Å². The van der Waals surface area contributed by atoms with Gasteiger partial charge in [0.1, 0.15) is 0 Å². The third kappa shape index (κ3) is 4.00. The molecule has 0 aliphatic rings. The lowest BCUT2D eigenvalue weighted by atomic mass is 10.1. The minimum Gasteiger partial charge on any atom is -0.355 e. The Morgan fingerprint density at radius 1 is 1.41 bits per heavy atom. The van der Waals surface area contributed by atoms with E-state index in [0.29, 0.717) is 28.5 Å². The van der Waals surface area contributed by atoms with Crippen LogP contribution in [0.15, 0.2) is 34.2 Å². The van der Waals surface area contributed by atoms with Gasteiger partial charge in [0.2, 0.25) is 5.91 Å². The molecule has 7 heteroatoms. The first-order valence-electron chi connectivity index (χ1n) is 7.15. The van der Waals surface area contributed by atoms with Crippen LogP contribution in [0.1, 0.15) is 20.3 Å². The molecule has 1 aromatic carbocycles. The van der Waals surface area contributed by atoms with Gasteiger partial charge in [-0.05, 0) is 24.5 Å². The fraction of sp³-hybridized carbons (Fsp3) is 0.400. The molecule has 3 N–H and O–H groups in total.